The first kappa shape index (κ1) is 17.7. The lowest BCUT2D eigenvalue weighted by Gasteiger charge is -2.09. The van der Waals surface area contributed by atoms with Crippen LogP contribution < -0.4 is 10.3 Å². The summed E-state index contributed by atoms with van der Waals surface area (Å²) in [6.07, 6.45) is 1.65. The first-order chi connectivity index (χ1) is 13.8. The maximum Gasteiger partial charge on any atom is 0.282 e. The van der Waals surface area contributed by atoms with Crippen LogP contribution in [0.5, 0.6) is 5.75 Å². The molecule has 0 aliphatic carbocycles. The molecule has 0 amide bonds. The van der Waals surface area contributed by atoms with Gasteiger partial charge in [0.15, 0.2) is 5.82 Å². The summed E-state index contributed by atoms with van der Waals surface area (Å²) in [6, 6.07) is 24.5. The van der Waals surface area contributed by atoms with Crippen LogP contribution in [0.1, 0.15) is 12.5 Å². The normalized spacial score (nSPS) is 11.2. The molecule has 0 fully saturated rings. The van der Waals surface area contributed by atoms with E-state index in [9.17, 15) is 4.79 Å². The number of ether oxygens (including phenoxy) is 1. The van der Waals surface area contributed by atoms with E-state index in [4.69, 9.17) is 9.72 Å². The van der Waals surface area contributed by atoms with Gasteiger partial charge in [0.2, 0.25) is 0 Å². The Hall–Kier alpha value is -3.73. The fraction of sp³-hybridized carbons (Fsp3) is 0.0870. The SMILES string of the molecule is CCOc1cccc(/C=N/n2c(-c3ccccc3)nc3ccccc3c2=O)c1. The summed E-state index contributed by atoms with van der Waals surface area (Å²) in [5.41, 5.74) is 2.11. The lowest BCUT2D eigenvalue weighted by Crippen LogP contribution is -2.20. The largest absolute Gasteiger partial charge is 0.494 e. The zero-order valence-electron chi connectivity index (χ0n) is 15.4. The van der Waals surface area contributed by atoms with Crippen molar-refractivity contribution in [1.29, 1.82) is 0 Å². The van der Waals surface area contributed by atoms with E-state index >= 15 is 0 Å². The van der Waals surface area contributed by atoms with Crippen LogP contribution in [0.15, 0.2) is 88.8 Å². The van der Waals surface area contributed by atoms with Gasteiger partial charge in [-0.05, 0) is 36.8 Å². The van der Waals surface area contributed by atoms with Crippen molar-refractivity contribution in [3.63, 3.8) is 0 Å². The standard InChI is InChI=1S/C23H19N3O2/c1-2-28-19-12-8-9-17(15-19)16-24-26-22(18-10-4-3-5-11-18)25-21-14-7-6-13-20(21)23(26)27/h3-16H,2H2,1H3/b24-16+. The van der Waals surface area contributed by atoms with Crippen LogP contribution >= 0.6 is 0 Å². The third-order valence-corrected chi connectivity index (χ3v) is 4.28. The molecule has 0 saturated carbocycles. The van der Waals surface area contributed by atoms with E-state index < -0.39 is 0 Å². The highest BCUT2D eigenvalue weighted by Gasteiger charge is 2.11. The molecule has 0 saturated heterocycles. The average molecular weight is 369 g/mol. The van der Waals surface area contributed by atoms with Crippen LogP contribution in [0, 0.1) is 0 Å². The minimum absolute atomic E-state index is 0.207. The number of rotatable bonds is 5. The van der Waals surface area contributed by atoms with E-state index in [-0.39, 0.29) is 5.56 Å². The fourth-order valence-electron chi connectivity index (χ4n) is 2.98. The number of fused-ring (bicyclic) bond motifs is 1. The molecule has 5 heteroatoms. The minimum atomic E-state index is -0.207. The van der Waals surface area contributed by atoms with Gasteiger partial charge in [0.25, 0.3) is 5.56 Å². The summed E-state index contributed by atoms with van der Waals surface area (Å²) in [5.74, 6) is 1.26. The highest BCUT2D eigenvalue weighted by atomic mass is 16.5. The van der Waals surface area contributed by atoms with Crippen LogP contribution in [0.25, 0.3) is 22.3 Å². The number of hydrogen-bond acceptors (Lipinski definition) is 4. The van der Waals surface area contributed by atoms with Crippen molar-refractivity contribution in [3.05, 3.63) is 94.8 Å². The van der Waals surface area contributed by atoms with Gasteiger partial charge in [0.1, 0.15) is 5.75 Å². The molecule has 4 rings (SSSR count). The molecule has 138 valence electrons. The van der Waals surface area contributed by atoms with Crippen molar-refractivity contribution in [2.75, 3.05) is 6.61 Å². The molecule has 0 atom stereocenters. The Bertz CT molecular complexity index is 1200. The maximum absolute atomic E-state index is 13.1. The van der Waals surface area contributed by atoms with Crippen LogP contribution in [0.2, 0.25) is 0 Å². The van der Waals surface area contributed by atoms with Crippen molar-refractivity contribution in [1.82, 2.24) is 9.66 Å². The van der Waals surface area contributed by atoms with E-state index in [1.165, 1.54) is 4.68 Å². The van der Waals surface area contributed by atoms with Crippen molar-refractivity contribution in [2.45, 2.75) is 6.92 Å². The Morgan fingerprint density at radius 3 is 2.61 bits per heavy atom. The van der Waals surface area contributed by atoms with Crippen molar-refractivity contribution in [2.24, 2.45) is 5.10 Å². The third kappa shape index (κ3) is 3.55. The van der Waals surface area contributed by atoms with Crippen LogP contribution in [0.4, 0.5) is 0 Å². The van der Waals surface area contributed by atoms with Crippen LogP contribution in [-0.2, 0) is 0 Å². The van der Waals surface area contributed by atoms with Gasteiger partial charge in [-0.15, -0.1) is 0 Å². The summed E-state index contributed by atoms with van der Waals surface area (Å²) in [4.78, 5) is 17.8. The molecule has 0 N–H and O–H groups in total. The van der Waals surface area contributed by atoms with Crippen LogP contribution in [0.3, 0.4) is 0 Å². The van der Waals surface area contributed by atoms with E-state index in [1.807, 2.05) is 79.7 Å². The molecule has 0 aliphatic rings. The predicted octanol–water partition coefficient (Wildman–Crippen LogP) is 4.34. The van der Waals surface area contributed by atoms with Gasteiger partial charge in [0, 0.05) is 5.56 Å². The fourth-order valence-corrected chi connectivity index (χ4v) is 2.98. The van der Waals surface area contributed by atoms with Crippen molar-refractivity contribution in [3.8, 4) is 17.1 Å². The summed E-state index contributed by atoms with van der Waals surface area (Å²) in [5, 5.41) is 4.99. The Labute approximate surface area is 162 Å². The Kier molecular flexibility index (Phi) is 4.97. The zero-order chi connectivity index (χ0) is 19.3. The van der Waals surface area contributed by atoms with E-state index in [2.05, 4.69) is 5.10 Å². The highest BCUT2D eigenvalue weighted by Crippen LogP contribution is 2.19. The maximum atomic E-state index is 13.1. The van der Waals surface area contributed by atoms with Crippen molar-refractivity contribution < 1.29 is 4.74 Å². The molecule has 1 heterocycles. The van der Waals surface area contributed by atoms with Crippen LogP contribution in [-0.4, -0.2) is 22.5 Å². The van der Waals surface area contributed by atoms with Gasteiger partial charge in [-0.2, -0.15) is 9.78 Å². The second-order valence-electron chi connectivity index (χ2n) is 6.19. The Morgan fingerprint density at radius 1 is 1.00 bits per heavy atom. The second kappa shape index (κ2) is 7.88. The second-order valence-corrected chi connectivity index (χ2v) is 6.19. The van der Waals surface area contributed by atoms with Gasteiger partial charge in [-0.25, -0.2) is 4.98 Å². The average Bonchev–Trinajstić information content (AvgIpc) is 2.74. The Morgan fingerprint density at radius 2 is 1.79 bits per heavy atom. The first-order valence-electron chi connectivity index (χ1n) is 9.10. The topological polar surface area (TPSA) is 56.5 Å². The summed E-state index contributed by atoms with van der Waals surface area (Å²) < 4.78 is 6.88. The molecule has 28 heavy (non-hydrogen) atoms. The van der Waals surface area contributed by atoms with E-state index in [1.54, 1.807) is 12.3 Å². The summed E-state index contributed by atoms with van der Waals surface area (Å²) in [6.45, 7) is 2.53. The van der Waals surface area contributed by atoms with Gasteiger partial charge >= 0.3 is 0 Å². The smallest absolute Gasteiger partial charge is 0.282 e. The molecule has 1 aromatic heterocycles. The number of para-hydroxylation sites is 1. The summed E-state index contributed by atoms with van der Waals surface area (Å²) in [7, 11) is 0. The monoisotopic (exact) mass is 369 g/mol. The predicted molar refractivity (Wildman–Crippen MR) is 112 cm³/mol. The zero-order valence-corrected chi connectivity index (χ0v) is 15.4. The number of hydrogen-bond donors (Lipinski definition) is 0. The molecular formula is C23H19N3O2. The minimum Gasteiger partial charge on any atom is -0.494 e. The molecule has 3 aromatic carbocycles. The lowest BCUT2D eigenvalue weighted by molar-refractivity contribution is 0.340. The number of nitrogens with zero attached hydrogens (tertiary/aromatic N) is 3. The molecule has 4 aromatic rings. The van der Waals surface area contributed by atoms with Gasteiger partial charge < -0.3 is 4.74 Å². The van der Waals surface area contributed by atoms with E-state index in [0.29, 0.717) is 23.3 Å². The molecule has 5 nitrogen and oxygen atoms in total. The Balaban J connectivity index is 1.86. The van der Waals surface area contributed by atoms with Crippen molar-refractivity contribution >= 4 is 17.1 Å². The number of benzene rings is 3. The highest BCUT2D eigenvalue weighted by molar-refractivity contribution is 5.82. The lowest BCUT2D eigenvalue weighted by atomic mass is 10.2. The van der Waals surface area contributed by atoms with Gasteiger partial charge in [-0.3, -0.25) is 4.79 Å². The molecule has 0 bridgehead atoms. The van der Waals surface area contributed by atoms with Gasteiger partial charge in [-0.1, -0.05) is 54.6 Å². The molecule has 0 unspecified atom stereocenters. The van der Waals surface area contributed by atoms with Gasteiger partial charge in [0.05, 0.1) is 23.7 Å². The molecular weight excluding hydrogens is 350 g/mol. The quantitative estimate of drug-likeness (QED) is 0.492. The third-order valence-electron chi connectivity index (χ3n) is 4.28. The molecule has 0 aliphatic heterocycles. The molecule has 0 spiro atoms. The number of aromatic nitrogens is 2. The van der Waals surface area contributed by atoms with E-state index in [0.717, 1.165) is 16.9 Å². The first-order valence-corrected chi connectivity index (χ1v) is 9.10. The molecule has 0 radical (unpaired) electrons. The summed E-state index contributed by atoms with van der Waals surface area (Å²) >= 11 is 0.